The summed E-state index contributed by atoms with van der Waals surface area (Å²) in [5.74, 6) is 1.08. The number of nitrogens with two attached hydrogens (primary N) is 1. The van der Waals surface area contributed by atoms with Gasteiger partial charge in [-0.2, -0.15) is 4.98 Å². The average molecular weight is 239 g/mol. The fourth-order valence-electron chi connectivity index (χ4n) is 1.37. The van der Waals surface area contributed by atoms with Gasteiger partial charge >= 0.3 is 0 Å². The highest BCUT2D eigenvalue weighted by molar-refractivity contribution is 5.66. The largest absolute Gasteiger partial charge is 0.476 e. The molecule has 0 saturated carbocycles. The molecule has 17 heavy (non-hydrogen) atoms. The second-order valence-electron chi connectivity index (χ2n) is 3.96. The number of anilines is 2. The Morgan fingerprint density at radius 3 is 2.82 bits per heavy atom. The van der Waals surface area contributed by atoms with E-state index in [0.29, 0.717) is 24.0 Å². The van der Waals surface area contributed by atoms with Crippen molar-refractivity contribution >= 4 is 11.5 Å². The van der Waals surface area contributed by atoms with Crippen molar-refractivity contribution in [3.8, 4) is 5.88 Å². The fourth-order valence-corrected chi connectivity index (χ4v) is 1.37. The van der Waals surface area contributed by atoms with Crippen LogP contribution in [0.2, 0.25) is 0 Å². The van der Waals surface area contributed by atoms with Gasteiger partial charge in [-0.3, -0.25) is 0 Å². The van der Waals surface area contributed by atoms with Crippen LogP contribution in [0.15, 0.2) is 6.33 Å². The molecule has 3 N–H and O–H groups in total. The summed E-state index contributed by atoms with van der Waals surface area (Å²) in [5.41, 5.74) is 6.36. The lowest BCUT2D eigenvalue weighted by Gasteiger charge is -2.12. The monoisotopic (exact) mass is 239 g/mol. The van der Waals surface area contributed by atoms with Crippen molar-refractivity contribution in [1.29, 1.82) is 0 Å². The third kappa shape index (κ3) is 4.44. The molecule has 6 nitrogen and oxygen atoms in total. The van der Waals surface area contributed by atoms with Crippen LogP contribution in [0.1, 0.15) is 13.3 Å². The highest BCUT2D eigenvalue weighted by Gasteiger charge is 2.07. The molecule has 0 bridgehead atoms. The van der Waals surface area contributed by atoms with Gasteiger partial charge in [0.1, 0.15) is 12.0 Å². The first-order chi connectivity index (χ1) is 8.15. The number of aromatic nitrogens is 2. The molecular weight excluding hydrogens is 218 g/mol. The summed E-state index contributed by atoms with van der Waals surface area (Å²) in [4.78, 5) is 10.2. The van der Waals surface area contributed by atoms with Crippen LogP contribution in [0, 0.1) is 0 Å². The van der Waals surface area contributed by atoms with E-state index in [0.717, 1.165) is 19.5 Å². The van der Waals surface area contributed by atoms with Crippen molar-refractivity contribution < 1.29 is 4.74 Å². The van der Waals surface area contributed by atoms with E-state index >= 15 is 0 Å². The van der Waals surface area contributed by atoms with Gasteiger partial charge in [0.15, 0.2) is 5.82 Å². The summed E-state index contributed by atoms with van der Waals surface area (Å²) >= 11 is 0. The first-order valence-corrected chi connectivity index (χ1v) is 5.77. The third-order valence-electron chi connectivity index (χ3n) is 2.20. The van der Waals surface area contributed by atoms with Crippen molar-refractivity contribution in [1.82, 2.24) is 14.9 Å². The molecule has 0 unspecified atom stereocenters. The van der Waals surface area contributed by atoms with Gasteiger partial charge in [-0.1, -0.05) is 0 Å². The Morgan fingerprint density at radius 1 is 1.41 bits per heavy atom. The van der Waals surface area contributed by atoms with Gasteiger partial charge in [-0.05, 0) is 34.0 Å². The van der Waals surface area contributed by atoms with Gasteiger partial charge in [-0.25, -0.2) is 4.98 Å². The maximum Gasteiger partial charge on any atom is 0.242 e. The molecule has 1 rings (SSSR count). The van der Waals surface area contributed by atoms with Crippen LogP contribution >= 0.6 is 0 Å². The van der Waals surface area contributed by atoms with Gasteiger partial charge in [0.25, 0.3) is 0 Å². The SMILES string of the molecule is CCOc1ncnc(NCCCN(C)C)c1N. The molecule has 0 atom stereocenters. The second-order valence-corrected chi connectivity index (χ2v) is 3.96. The lowest BCUT2D eigenvalue weighted by Crippen LogP contribution is -2.17. The summed E-state index contributed by atoms with van der Waals surface area (Å²) in [7, 11) is 4.10. The van der Waals surface area contributed by atoms with Crippen LogP contribution in [0.5, 0.6) is 5.88 Å². The molecule has 6 heteroatoms. The minimum atomic E-state index is 0.442. The molecule has 96 valence electrons. The van der Waals surface area contributed by atoms with Crippen LogP contribution in [-0.4, -0.2) is 48.7 Å². The van der Waals surface area contributed by atoms with Gasteiger partial charge in [0.05, 0.1) is 6.61 Å². The Kier molecular flexibility index (Phi) is 5.48. The smallest absolute Gasteiger partial charge is 0.242 e. The Morgan fingerprint density at radius 2 is 2.18 bits per heavy atom. The molecule has 0 fully saturated rings. The van der Waals surface area contributed by atoms with E-state index in [1.165, 1.54) is 6.33 Å². The lowest BCUT2D eigenvalue weighted by atomic mass is 10.4. The van der Waals surface area contributed by atoms with Crippen molar-refractivity contribution in [2.24, 2.45) is 0 Å². The van der Waals surface area contributed by atoms with Gasteiger partial charge < -0.3 is 20.7 Å². The molecule has 1 heterocycles. The van der Waals surface area contributed by atoms with Crippen molar-refractivity contribution in [2.45, 2.75) is 13.3 Å². The van der Waals surface area contributed by atoms with Crippen LogP contribution in [-0.2, 0) is 0 Å². The van der Waals surface area contributed by atoms with E-state index < -0.39 is 0 Å². The molecule has 0 spiro atoms. The number of ether oxygens (including phenoxy) is 1. The molecular formula is C11H21N5O. The number of rotatable bonds is 7. The standard InChI is InChI=1S/C11H21N5O/c1-4-17-11-9(12)10(14-8-15-11)13-6-5-7-16(2)3/h8H,4-7,12H2,1-3H3,(H,13,14,15). The summed E-state index contributed by atoms with van der Waals surface area (Å²) in [6.45, 7) is 4.29. The van der Waals surface area contributed by atoms with Crippen LogP contribution in [0.4, 0.5) is 11.5 Å². The Bertz CT molecular complexity index is 343. The topological polar surface area (TPSA) is 76.3 Å². The predicted molar refractivity (Wildman–Crippen MR) is 69.3 cm³/mol. The van der Waals surface area contributed by atoms with Crippen molar-refractivity contribution in [2.75, 3.05) is 44.8 Å². The molecule has 0 aromatic carbocycles. The Labute approximate surface area is 102 Å². The number of hydrogen-bond donors (Lipinski definition) is 2. The fraction of sp³-hybridized carbons (Fsp3) is 0.636. The van der Waals surface area contributed by atoms with E-state index in [1.807, 2.05) is 21.0 Å². The van der Waals surface area contributed by atoms with E-state index in [9.17, 15) is 0 Å². The third-order valence-corrected chi connectivity index (χ3v) is 2.20. The van der Waals surface area contributed by atoms with E-state index in [1.54, 1.807) is 0 Å². The maximum atomic E-state index is 5.89. The van der Waals surface area contributed by atoms with Crippen molar-refractivity contribution in [3.05, 3.63) is 6.33 Å². The van der Waals surface area contributed by atoms with Crippen LogP contribution in [0.3, 0.4) is 0 Å². The van der Waals surface area contributed by atoms with Crippen molar-refractivity contribution in [3.63, 3.8) is 0 Å². The summed E-state index contributed by atoms with van der Waals surface area (Å²) in [6, 6.07) is 0. The molecule has 0 saturated heterocycles. The first-order valence-electron chi connectivity index (χ1n) is 5.77. The zero-order chi connectivity index (χ0) is 12.7. The molecule has 0 aliphatic heterocycles. The number of nitrogens with one attached hydrogen (secondary N) is 1. The summed E-state index contributed by atoms with van der Waals surface area (Å²) in [5, 5.41) is 3.18. The predicted octanol–water partition coefficient (Wildman–Crippen LogP) is 0.821. The number of nitrogens with zero attached hydrogens (tertiary/aromatic N) is 3. The van der Waals surface area contributed by atoms with Gasteiger partial charge in [0, 0.05) is 6.54 Å². The van der Waals surface area contributed by atoms with Crippen LogP contribution < -0.4 is 15.8 Å². The summed E-state index contributed by atoms with van der Waals surface area (Å²) in [6.07, 6.45) is 2.48. The molecule has 1 aromatic heterocycles. The van der Waals surface area contributed by atoms with Crippen LogP contribution in [0.25, 0.3) is 0 Å². The highest BCUT2D eigenvalue weighted by atomic mass is 16.5. The Balaban J connectivity index is 2.50. The normalized spacial score (nSPS) is 10.6. The molecule has 0 amide bonds. The zero-order valence-corrected chi connectivity index (χ0v) is 10.7. The molecule has 0 aliphatic rings. The summed E-state index contributed by atoms with van der Waals surface area (Å²) < 4.78 is 5.30. The highest BCUT2D eigenvalue weighted by Crippen LogP contribution is 2.24. The van der Waals surface area contributed by atoms with Gasteiger partial charge in [0.2, 0.25) is 5.88 Å². The minimum absolute atomic E-state index is 0.442. The minimum Gasteiger partial charge on any atom is -0.476 e. The zero-order valence-electron chi connectivity index (χ0n) is 10.7. The molecule has 0 aliphatic carbocycles. The number of hydrogen-bond acceptors (Lipinski definition) is 6. The molecule has 0 radical (unpaired) electrons. The Hall–Kier alpha value is -1.56. The van der Waals surface area contributed by atoms with E-state index in [4.69, 9.17) is 10.5 Å². The lowest BCUT2D eigenvalue weighted by molar-refractivity contribution is 0.328. The molecule has 1 aromatic rings. The second kappa shape index (κ2) is 6.90. The quantitative estimate of drug-likeness (QED) is 0.686. The van der Waals surface area contributed by atoms with Gasteiger partial charge in [-0.15, -0.1) is 0 Å². The average Bonchev–Trinajstić information content (AvgIpc) is 2.29. The van der Waals surface area contributed by atoms with E-state index in [-0.39, 0.29) is 0 Å². The first kappa shape index (κ1) is 13.5. The van der Waals surface area contributed by atoms with E-state index in [2.05, 4.69) is 20.2 Å². The number of nitrogen functional groups attached to an aromatic ring is 1. The maximum absolute atomic E-state index is 5.89.